The van der Waals surface area contributed by atoms with Gasteiger partial charge in [0.05, 0.1) is 7.11 Å². The van der Waals surface area contributed by atoms with Crippen molar-refractivity contribution in [2.75, 3.05) is 20.8 Å². The van der Waals surface area contributed by atoms with Crippen LogP contribution in [0.15, 0.2) is 24.3 Å². The second-order valence-electron chi connectivity index (χ2n) is 3.50. The molecule has 0 saturated heterocycles. The summed E-state index contributed by atoms with van der Waals surface area (Å²) in [7, 11) is 3.36. The third-order valence-corrected chi connectivity index (χ3v) is 2.54. The highest BCUT2D eigenvalue weighted by Gasteiger charge is 2.24. The van der Waals surface area contributed by atoms with E-state index in [1.807, 2.05) is 31.2 Å². The molecule has 0 radical (unpaired) electrons. The largest absolute Gasteiger partial charge is 0.497 e. The fourth-order valence-electron chi connectivity index (χ4n) is 1.55. The second kappa shape index (κ2) is 5.14. The number of hydrogen-bond acceptors (Lipinski definition) is 3. The molecule has 3 heteroatoms. The highest BCUT2D eigenvalue weighted by molar-refractivity contribution is 5.31. The van der Waals surface area contributed by atoms with Crippen molar-refractivity contribution in [1.82, 2.24) is 5.32 Å². The van der Waals surface area contributed by atoms with E-state index in [9.17, 15) is 0 Å². The van der Waals surface area contributed by atoms with Crippen LogP contribution >= 0.6 is 0 Å². The van der Waals surface area contributed by atoms with Gasteiger partial charge in [-0.25, -0.2) is 0 Å². The first-order valence-electron chi connectivity index (χ1n) is 5.11. The summed E-state index contributed by atoms with van der Waals surface area (Å²) in [6, 6.07) is 7.88. The molecule has 1 aromatic carbocycles. The van der Waals surface area contributed by atoms with Crippen LogP contribution in [0.1, 0.15) is 19.4 Å². The van der Waals surface area contributed by atoms with Crippen LogP contribution in [0.2, 0.25) is 0 Å². The molecule has 0 aliphatic rings. The van der Waals surface area contributed by atoms with E-state index in [1.54, 1.807) is 14.2 Å². The first-order valence-corrected chi connectivity index (χ1v) is 5.11. The van der Waals surface area contributed by atoms with Crippen LogP contribution in [-0.4, -0.2) is 20.8 Å². The van der Waals surface area contributed by atoms with E-state index in [-0.39, 0.29) is 0 Å². The number of benzene rings is 1. The van der Waals surface area contributed by atoms with Gasteiger partial charge in [0, 0.05) is 12.7 Å². The zero-order valence-corrected chi connectivity index (χ0v) is 9.83. The fraction of sp³-hybridized carbons (Fsp3) is 0.500. The van der Waals surface area contributed by atoms with Gasteiger partial charge in [-0.05, 0) is 25.6 Å². The van der Waals surface area contributed by atoms with Gasteiger partial charge in [-0.15, -0.1) is 0 Å². The van der Waals surface area contributed by atoms with Crippen molar-refractivity contribution in [2.24, 2.45) is 0 Å². The Kier molecular flexibility index (Phi) is 4.12. The Morgan fingerprint density at radius 1 is 1.33 bits per heavy atom. The Labute approximate surface area is 91.4 Å². The third-order valence-electron chi connectivity index (χ3n) is 2.54. The van der Waals surface area contributed by atoms with E-state index >= 15 is 0 Å². The predicted molar refractivity (Wildman–Crippen MR) is 61.0 cm³/mol. The van der Waals surface area contributed by atoms with Gasteiger partial charge in [0.1, 0.15) is 11.5 Å². The van der Waals surface area contributed by atoms with E-state index in [4.69, 9.17) is 9.47 Å². The zero-order valence-electron chi connectivity index (χ0n) is 9.83. The maximum Gasteiger partial charge on any atom is 0.142 e. The van der Waals surface area contributed by atoms with Crippen molar-refractivity contribution in [2.45, 2.75) is 19.6 Å². The van der Waals surface area contributed by atoms with Crippen LogP contribution in [0.5, 0.6) is 5.75 Å². The molecule has 1 unspecified atom stereocenters. The van der Waals surface area contributed by atoms with E-state index < -0.39 is 5.72 Å². The third kappa shape index (κ3) is 2.70. The van der Waals surface area contributed by atoms with Gasteiger partial charge in [0.2, 0.25) is 0 Å². The molecule has 15 heavy (non-hydrogen) atoms. The minimum Gasteiger partial charge on any atom is -0.497 e. The van der Waals surface area contributed by atoms with E-state index in [0.29, 0.717) is 0 Å². The summed E-state index contributed by atoms with van der Waals surface area (Å²) in [5.41, 5.74) is 0.606. The van der Waals surface area contributed by atoms with Crippen LogP contribution < -0.4 is 10.1 Å². The van der Waals surface area contributed by atoms with Gasteiger partial charge in [0.25, 0.3) is 0 Å². The first kappa shape index (κ1) is 12.0. The highest BCUT2D eigenvalue weighted by Crippen LogP contribution is 2.24. The minimum atomic E-state index is -0.455. The monoisotopic (exact) mass is 209 g/mol. The molecular weight excluding hydrogens is 190 g/mol. The summed E-state index contributed by atoms with van der Waals surface area (Å²) < 4.78 is 10.7. The molecule has 0 aromatic heterocycles. The number of methoxy groups -OCH3 is 2. The molecule has 0 saturated carbocycles. The molecule has 84 valence electrons. The number of hydrogen-bond donors (Lipinski definition) is 1. The summed E-state index contributed by atoms with van der Waals surface area (Å²) >= 11 is 0. The van der Waals surface area contributed by atoms with Gasteiger partial charge in [-0.3, -0.25) is 5.32 Å². The van der Waals surface area contributed by atoms with Gasteiger partial charge in [-0.2, -0.15) is 0 Å². The Hall–Kier alpha value is -1.06. The van der Waals surface area contributed by atoms with Gasteiger partial charge >= 0.3 is 0 Å². The minimum absolute atomic E-state index is 0.455. The Morgan fingerprint density at radius 3 is 2.60 bits per heavy atom. The fourth-order valence-corrected chi connectivity index (χ4v) is 1.55. The topological polar surface area (TPSA) is 30.5 Å². The highest BCUT2D eigenvalue weighted by atomic mass is 16.5. The molecule has 0 aliphatic carbocycles. The molecule has 1 N–H and O–H groups in total. The molecule has 0 bridgehead atoms. The average molecular weight is 209 g/mol. The summed E-state index contributed by atoms with van der Waals surface area (Å²) in [5.74, 6) is 0.841. The maximum atomic E-state index is 5.50. The SMILES string of the molecule is CCNC(C)(OC)c1cccc(OC)c1. The standard InChI is InChI=1S/C12H19NO2/c1-5-13-12(2,15-4)10-7-6-8-11(9-10)14-3/h6-9,13H,5H2,1-4H3. The number of rotatable bonds is 5. The van der Waals surface area contributed by atoms with Crippen molar-refractivity contribution >= 4 is 0 Å². The van der Waals surface area contributed by atoms with Crippen molar-refractivity contribution < 1.29 is 9.47 Å². The lowest BCUT2D eigenvalue weighted by Gasteiger charge is -2.29. The number of ether oxygens (including phenoxy) is 2. The molecule has 0 fully saturated rings. The zero-order chi connectivity index (χ0) is 11.3. The molecule has 1 rings (SSSR count). The van der Waals surface area contributed by atoms with Crippen LogP contribution in [-0.2, 0) is 10.5 Å². The molecule has 1 aromatic rings. The lowest BCUT2D eigenvalue weighted by atomic mass is 10.0. The van der Waals surface area contributed by atoms with Crippen LogP contribution in [0.25, 0.3) is 0 Å². The van der Waals surface area contributed by atoms with Gasteiger partial charge in [-0.1, -0.05) is 19.1 Å². The quantitative estimate of drug-likeness (QED) is 0.753. The summed E-state index contributed by atoms with van der Waals surface area (Å²) in [6.07, 6.45) is 0. The summed E-state index contributed by atoms with van der Waals surface area (Å²) in [5, 5.41) is 3.30. The molecular formula is C12H19NO2. The first-order chi connectivity index (χ1) is 7.16. The van der Waals surface area contributed by atoms with E-state index in [1.165, 1.54) is 0 Å². The summed E-state index contributed by atoms with van der Waals surface area (Å²) in [6.45, 7) is 4.91. The van der Waals surface area contributed by atoms with Crippen LogP contribution in [0, 0.1) is 0 Å². The summed E-state index contributed by atoms with van der Waals surface area (Å²) in [4.78, 5) is 0. The molecule has 0 heterocycles. The van der Waals surface area contributed by atoms with Crippen molar-refractivity contribution in [3.05, 3.63) is 29.8 Å². The lowest BCUT2D eigenvalue weighted by Crippen LogP contribution is -2.41. The molecule has 0 aliphatic heterocycles. The number of nitrogens with one attached hydrogen (secondary N) is 1. The lowest BCUT2D eigenvalue weighted by molar-refractivity contribution is -0.0272. The molecule has 1 atom stereocenters. The van der Waals surface area contributed by atoms with Crippen molar-refractivity contribution in [1.29, 1.82) is 0 Å². The van der Waals surface area contributed by atoms with Gasteiger partial charge in [0.15, 0.2) is 0 Å². The molecule has 0 amide bonds. The molecule has 3 nitrogen and oxygen atoms in total. The normalized spacial score (nSPS) is 14.7. The maximum absolute atomic E-state index is 5.50. The van der Waals surface area contributed by atoms with Crippen LogP contribution in [0.4, 0.5) is 0 Å². The van der Waals surface area contributed by atoms with Crippen molar-refractivity contribution in [3.8, 4) is 5.75 Å². The Bertz CT molecular complexity index is 314. The molecule has 0 spiro atoms. The van der Waals surface area contributed by atoms with Crippen molar-refractivity contribution in [3.63, 3.8) is 0 Å². The Balaban J connectivity index is 3.00. The van der Waals surface area contributed by atoms with E-state index in [0.717, 1.165) is 17.9 Å². The smallest absolute Gasteiger partial charge is 0.142 e. The van der Waals surface area contributed by atoms with Crippen LogP contribution in [0.3, 0.4) is 0 Å². The van der Waals surface area contributed by atoms with E-state index in [2.05, 4.69) is 12.2 Å². The second-order valence-corrected chi connectivity index (χ2v) is 3.50. The van der Waals surface area contributed by atoms with Gasteiger partial charge < -0.3 is 9.47 Å². The average Bonchev–Trinajstić information content (AvgIpc) is 2.29. The Morgan fingerprint density at radius 2 is 2.07 bits per heavy atom. The predicted octanol–water partition coefficient (Wildman–Crippen LogP) is 2.12.